The van der Waals surface area contributed by atoms with E-state index in [0.717, 1.165) is 23.3 Å². The molecule has 2 saturated heterocycles. The van der Waals surface area contributed by atoms with Crippen LogP contribution in [-0.4, -0.2) is 71.3 Å². The molecule has 2 fully saturated rings. The van der Waals surface area contributed by atoms with Crippen LogP contribution < -0.4 is 10.2 Å². The Morgan fingerprint density at radius 2 is 1.92 bits per heavy atom. The molecular formula is C25H32N2O8S2. The molecule has 12 heteroatoms. The first-order chi connectivity index (χ1) is 17.8. The number of rotatable bonds is 7. The summed E-state index contributed by atoms with van der Waals surface area (Å²) in [5.74, 6) is -0.147. The Balaban J connectivity index is 1.64. The number of nitrogens with one attached hydrogen (secondary N) is 1. The van der Waals surface area contributed by atoms with E-state index in [1.54, 1.807) is 13.2 Å². The smallest absolute Gasteiger partial charge is 0.409 e. The van der Waals surface area contributed by atoms with Crippen LogP contribution in [0.15, 0.2) is 36.4 Å². The molecule has 2 aliphatic heterocycles. The van der Waals surface area contributed by atoms with Crippen LogP contribution in [0.1, 0.15) is 37.0 Å². The topological polar surface area (TPSA) is 120 Å². The van der Waals surface area contributed by atoms with E-state index < -0.39 is 32.9 Å². The van der Waals surface area contributed by atoms with Crippen molar-refractivity contribution in [3.05, 3.63) is 41.3 Å². The molecule has 1 N–H and O–H groups in total. The third-order valence-electron chi connectivity index (χ3n) is 6.76. The van der Waals surface area contributed by atoms with Gasteiger partial charge in [0.15, 0.2) is 16.1 Å². The van der Waals surface area contributed by atoms with Crippen LogP contribution in [0.25, 0.3) is 10.4 Å². The molecule has 1 aromatic carbocycles. The van der Waals surface area contributed by atoms with Crippen molar-refractivity contribution in [2.45, 2.75) is 43.1 Å². The van der Waals surface area contributed by atoms with Crippen molar-refractivity contribution in [2.24, 2.45) is 0 Å². The number of carbonyl (C=O) groups is 2. The van der Waals surface area contributed by atoms with E-state index >= 15 is 0 Å². The Kier molecular flexibility index (Phi) is 8.73. The third-order valence-corrected chi connectivity index (χ3v) is 10.7. The lowest BCUT2D eigenvalue weighted by atomic mass is 9.97. The highest BCUT2D eigenvalue weighted by molar-refractivity contribution is 7.92. The number of methoxy groups -OCH3 is 2. The molecule has 202 valence electrons. The number of benzene rings is 1. The minimum Gasteiger partial charge on any atom is -0.497 e. The van der Waals surface area contributed by atoms with Gasteiger partial charge in [-0.1, -0.05) is 0 Å². The summed E-state index contributed by atoms with van der Waals surface area (Å²) in [6.07, 6.45) is 1.04. The van der Waals surface area contributed by atoms with E-state index in [0.29, 0.717) is 23.7 Å². The van der Waals surface area contributed by atoms with E-state index in [2.05, 4.69) is 5.48 Å². The number of amides is 2. The van der Waals surface area contributed by atoms with Crippen molar-refractivity contribution in [2.75, 3.05) is 39.7 Å². The summed E-state index contributed by atoms with van der Waals surface area (Å²) in [7, 11) is -1.03. The number of sulfone groups is 1. The van der Waals surface area contributed by atoms with Crippen LogP contribution in [0.3, 0.4) is 0 Å². The molecule has 0 bridgehead atoms. The molecule has 0 aliphatic carbocycles. The normalized spacial score (nSPS) is 23.6. The minimum absolute atomic E-state index is 0.0124. The molecule has 1 aromatic heterocycles. The molecule has 2 amide bonds. The van der Waals surface area contributed by atoms with E-state index in [-0.39, 0.29) is 31.7 Å². The van der Waals surface area contributed by atoms with Gasteiger partial charge in [0.05, 0.1) is 26.4 Å². The van der Waals surface area contributed by atoms with Crippen LogP contribution >= 0.6 is 11.3 Å². The lowest BCUT2D eigenvalue weighted by Gasteiger charge is -2.31. The first-order valence-electron chi connectivity index (χ1n) is 12.1. The predicted octanol–water partition coefficient (Wildman–Crippen LogP) is 3.47. The monoisotopic (exact) mass is 552 g/mol. The Morgan fingerprint density at radius 1 is 1.14 bits per heavy atom. The van der Waals surface area contributed by atoms with Gasteiger partial charge in [-0.3, -0.25) is 4.79 Å². The second kappa shape index (κ2) is 11.8. The highest BCUT2D eigenvalue weighted by Crippen LogP contribution is 2.45. The lowest BCUT2D eigenvalue weighted by Crippen LogP contribution is -2.43. The number of thiophene rings is 1. The molecule has 0 spiro atoms. The van der Waals surface area contributed by atoms with E-state index in [1.165, 1.54) is 23.3 Å². The average molecular weight is 553 g/mol. The molecule has 2 unspecified atom stereocenters. The fraction of sp³-hybridized carbons (Fsp3) is 0.520. The Labute approximate surface area is 220 Å². The Bertz CT molecular complexity index is 1190. The Morgan fingerprint density at radius 3 is 2.59 bits per heavy atom. The average Bonchev–Trinajstić information content (AvgIpc) is 3.37. The quantitative estimate of drug-likeness (QED) is 0.519. The fourth-order valence-electron chi connectivity index (χ4n) is 4.61. The molecule has 3 heterocycles. The van der Waals surface area contributed by atoms with Gasteiger partial charge >= 0.3 is 6.09 Å². The second-order valence-corrected chi connectivity index (χ2v) is 12.5. The van der Waals surface area contributed by atoms with Gasteiger partial charge in [-0.2, -0.15) is 0 Å². The molecule has 0 saturated carbocycles. The molecule has 37 heavy (non-hydrogen) atoms. The fourth-order valence-corrected chi connectivity index (χ4v) is 8.21. The summed E-state index contributed by atoms with van der Waals surface area (Å²) in [6, 6.07) is 11.1. The van der Waals surface area contributed by atoms with Crippen molar-refractivity contribution in [1.29, 1.82) is 0 Å². The summed E-state index contributed by atoms with van der Waals surface area (Å²) in [5, 5.41) is 0. The van der Waals surface area contributed by atoms with E-state index in [1.807, 2.05) is 30.3 Å². The lowest BCUT2D eigenvalue weighted by molar-refractivity contribution is -0.200. The standard InChI is InChI=1S/C25H32N2O8S2/c1-32-19-8-6-18(7-9-19)20-10-11-21(36-20)25(17-22(28)26-35-23-5-3-4-15-34-23)12-13-27(24(29)33-2)14-16-37(25,30)31/h6-11,23H,3-5,12-17H2,1-2H3,(H,26,28). The van der Waals surface area contributed by atoms with Crippen LogP contribution in [0.5, 0.6) is 5.75 Å². The highest BCUT2D eigenvalue weighted by Gasteiger charge is 2.50. The number of carbonyl (C=O) groups excluding carboxylic acids is 2. The van der Waals surface area contributed by atoms with Crippen LogP contribution in [0.4, 0.5) is 4.79 Å². The van der Waals surface area contributed by atoms with Crippen molar-refractivity contribution < 1.29 is 37.1 Å². The van der Waals surface area contributed by atoms with Crippen LogP contribution in [0, 0.1) is 0 Å². The van der Waals surface area contributed by atoms with Crippen molar-refractivity contribution in [1.82, 2.24) is 10.4 Å². The van der Waals surface area contributed by atoms with Gasteiger partial charge in [-0.15, -0.1) is 11.3 Å². The zero-order chi connectivity index (χ0) is 26.5. The minimum atomic E-state index is -3.87. The van der Waals surface area contributed by atoms with Gasteiger partial charge in [0.1, 0.15) is 10.5 Å². The first kappa shape index (κ1) is 27.4. The van der Waals surface area contributed by atoms with Gasteiger partial charge in [0.2, 0.25) is 5.91 Å². The predicted molar refractivity (Wildman–Crippen MR) is 138 cm³/mol. The van der Waals surface area contributed by atoms with Crippen molar-refractivity contribution >= 4 is 33.2 Å². The zero-order valence-electron chi connectivity index (χ0n) is 20.9. The highest BCUT2D eigenvalue weighted by atomic mass is 32.2. The largest absolute Gasteiger partial charge is 0.497 e. The van der Waals surface area contributed by atoms with Gasteiger partial charge in [0.25, 0.3) is 0 Å². The summed E-state index contributed by atoms with van der Waals surface area (Å²) in [4.78, 5) is 33.5. The molecule has 10 nitrogen and oxygen atoms in total. The number of nitrogens with zero attached hydrogens (tertiary/aromatic N) is 1. The maximum Gasteiger partial charge on any atom is 0.409 e. The molecular weight excluding hydrogens is 520 g/mol. The first-order valence-corrected chi connectivity index (χ1v) is 14.6. The summed E-state index contributed by atoms with van der Waals surface area (Å²) < 4.78 is 41.6. The van der Waals surface area contributed by atoms with Crippen molar-refractivity contribution in [3.63, 3.8) is 0 Å². The molecule has 2 aliphatic rings. The van der Waals surface area contributed by atoms with Crippen molar-refractivity contribution in [3.8, 4) is 16.2 Å². The summed E-state index contributed by atoms with van der Waals surface area (Å²) in [6.45, 7) is 0.661. The Hall–Kier alpha value is -2.67. The number of ether oxygens (including phenoxy) is 3. The molecule has 4 rings (SSSR count). The molecule has 2 aromatic rings. The summed E-state index contributed by atoms with van der Waals surface area (Å²) in [5.41, 5.74) is 3.31. The zero-order valence-corrected chi connectivity index (χ0v) is 22.6. The number of hydrogen-bond donors (Lipinski definition) is 1. The van der Waals surface area contributed by atoms with Gasteiger partial charge in [0, 0.05) is 35.9 Å². The third kappa shape index (κ3) is 6.08. The number of hydrogen-bond acceptors (Lipinski definition) is 9. The van der Waals surface area contributed by atoms with Crippen LogP contribution in [-0.2, 0) is 33.7 Å². The second-order valence-electron chi connectivity index (χ2n) is 9.03. The van der Waals surface area contributed by atoms with Gasteiger partial charge in [-0.05, 0) is 61.2 Å². The van der Waals surface area contributed by atoms with Gasteiger partial charge < -0.3 is 19.1 Å². The molecule has 0 radical (unpaired) electrons. The molecule has 2 atom stereocenters. The maximum atomic E-state index is 13.8. The van der Waals surface area contributed by atoms with E-state index in [4.69, 9.17) is 19.0 Å². The summed E-state index contributed by atoms with van der Waals surface area (Å²) >= 11 is 1.32. The SMILES string of the molecule is COC(=O)N1CCC(CC(=O)NOC2CCCCO2)(c2ccc(-c3ccc(OC)cc3)s2)S(=O)(=O)CC1. The van der Waals surface area contributed by atoms with E-state index in [9.17, 15) is 18.0 Å². The van der Waals surface area contributed by atoms with Crippen LogP contribution in [0.2, 0.25) is 0 Å². The van der Waals surface area contributed by atoms with Gasteiger partial charge in [-0.25, -0.2) is 23.5 Å². The maximum absolute atomic E-state index is 13.8. The number of hydroxylamine groups is 1.